The Kier molecular flexibility index (Phi) is 9.39. The number of piperazine rings is 1. The molecule has 2 heterocycles. The van der Waals surface area contributed by atoms with Gasteiger partial charge in [-0.05, 0) is 36.3 Å². The molecule has 6 atom stereocenters. The number of esters is 1. The quantitative estimate of drug-likeness (QED) is 0.442. The van der Waals surface area contributed by atoms with Gasteiger partial charge in [-0.1, -0.05) is 57.4 Å². The molecule has 2 N–H and O–H groups in total. The summed E-state index contributed by atoms with van der Waals surface area (Å²) >= 11 is 0. The highest BCUT2D eigenvalue weighted by Gasteiger charge is 2.52. The molecule has 0 aromatic heterocycles. The first-order valence-corrected chi connectivity index (χ1v) is 15.8. The van der Waals surface area contributed by atoms with Gasteiger partial charge in [-0.2, -0.15) is 0 Å². The molecule has 0 bridgehead atoms. The molecule has 236 valence electrons. The van der Waals surface area contributed by atoms with Gasteiger partial charge in [-0.25, -0.2) is 8.78 Å². The molecule has 0 unspecified atom stereocenters. The van der Waals surface area contributed by atoms with E-state index in [2.05, 4.69) is 10.6 Å². The van der Waals surface area contributed by atoms with Crippen LogP contribution in [0.4, 0.5) is 8.78 Å². The number of rotatable bonds is 8. The Bertz CT molecular complexity index is 1220. The standard InChI is InChI=1S/C32H44F2N4O5/c1-4-19(2)29(40)35-27(21-10-6-5-7-11-21)31(42)38-16-23-15-32(33,34)18-37(23)17-25(38)30(41)36-28-24-13-9-8-12-22(24)14-26(28)43-20(3)39/h8-9,12-13,19,21,23,25-28H,4-7,10-11,14-18H2,1-3H3,(H,35,40)(H,36,41)/t19-,23-,25+,26+,27+,28+/m1/s1. The number of ether oxygens (including phenoxy) is 1. The monoisotopic (exact) mass is 602 g/mol. The maximum Gasteiger partial charge on any atom is 0.302 e. The summed E-state index contributed by atoms with van der Waals surface area (Å²) in [6.45, 7) is 4.50. The maximum absolute atomic E-state index is 14.6. The van der Waals surface area contributed by atoms with E-state index < -0.39 is 54.6 Å². The Morgan fingerprint density at radius 1 is 1.09 bits per heavy atom. The lowest BCUT2D eigenvalue weighted by Gasteiger charge is -2.45. The number of hydrogen-bond donors (Lipinski definition) is 2. The van der Waals surface area contributed by atoms with E-state index in [0.717, 1.165) is 43.2 Å². The summed E-state index contributed by atoms with van der Waals surface area (Å²) in [6, 6.07) is 4.41. The molecule has 0 radical (unpaired) electrons. The lowest BCUT2D eigenvalue weighted by Crippen LogP contribution is -2.66. The Hall–Kier alpha value is -3.08. The minimum atomic E-state index is -2.91. The highest BCUT2D eigenvalue weighted by atomic mass is 19.3. The number of benzene rings is 1. The van der Waals surface area contributed by atoms with Crippen LogP contribution in [0.5, 0.6) is 0 Å². The number of carbonyl (C=O) groups is 4. The van der Waals surface area contributed by atoms with Gasteiger partial charge in [0.2, 0.25) is 17.7 Å². The van der Waals surface area contributed by atoms with E-state index in [1.807, 2.05) is 38.1 Å². The van der Waals surface area contributed by atoms with Gasteiger partial charge in [0.15, 0.2) is 0 Å². The molecule has 2 aliphatic carbocycles. The summed E-state index contributed by atoms with van der Waals surface area (Å²) < 4.78 is 34.7. The first kappa shape index (κ1) is 31.3. The number of hydrogen-bond acceptors (Lipinski definition) is 6. The number of nitrogens with one attached hydrogen (secondary N) is 2. The molecule has 1 aromatic rings. The molecular weight excluding hydrogens is 558 g/mol. The van der Waals surface area contributed by atoms with E-state index in [1.54, 1.807) is 4.90 Å². The summed E-state index contributed by atoms with van der Waals surface area (Å²) in [5.74, 6) is -4.85. The Labute approximate surface area is 252 Å². The van der Waals surface area contributed by atoms with Crippen molar-refractivity contribution in [1.29, 1.82) is 0 Å². The van der Waals surface area contributed by atoms with Crippen molar-refractivity contribution in [2.24, 2.45) is 11.8 Å². The van der Waals surface area contributed by atoms with Crippen LogP contribution in [0.15, 0.2) is 24.3 Å². The second-order valence-corrected chi connectivity index (χ2v) is 12.9. The number of fused-ring (bicyclic) bond motifs is 2. The van der Waals surface area contributed by atoms with Crippen molar-refractivity contribution < 1.29 is 32.7 Å². The summed E-state index contributed by atoms with van der Waals surface area (Å²) in [6.07, 6.45) is 4.53. The van der Waals surface area contributed by atoms with Crippen molar-refractivity contribution in [1.82, 2.24) is 20.4 Å². The van der Waals surface area contributed by atoms with Gasteiger partial charge in [0.25, 0.3) is 5.92 Å². The third kappa shape index (κ3) is 6.86. The molecule has 4 aliphatic rings. The molecule has 2 aliphatic heterocycles. The van der Waals surface area contributed by atoms with Gasteiger partial charge >= 0.3 is 5.97 Å². The third-order valence-corrected chi connectivity index (χ3v) is 9.81. The van der Waals surface area contributed by atoms with Crippen molar-refractivity contribution in [3.05, 3.63) is 35.4 Å². The second kappa shape index (κ2) is 12.9. The molecule has 0 spiro atoms. The smallest absolute Gasteiger partial charge is 0.302 e. The fourth-order valence-electron chi connectivity index (χ4n) is 7.31. The zero-order valence-corrected chi connectivity index (χ0v) is 25.3. The van der Waals surface area contributed by atoms with E-state index in [9.17, 15) is 28.0 Å². The van der Waals surface area contributed by atoms with E-state index in [0.29, 0.717) is 12.8 Å². The molecule has 3 fully saturated rings. The topological polar surface area (TPSA) is 108 Å². The molecule has 2 saturated heterocycles. The van der Waals surface area contributed by atoms with Crippen LogP contribution in [0, 0.1) is 11.8 Å². The van der Waals surface area contributed by atoms with E-state index in [1.165, 1.54) is 11.8 Å². The van der Waals surface area contributed by atoms with E-state index in [4.69, 9.17) is 4.74 Å². The molecule has 43 heavy (non-hydrogen) atoms. The summed E-state index contributed by atoms with van der Waals surface area (Å²) in [5.41, 5.74) is 1.77. The lowest BCUT2D eigenvalue weighted by molar-refractivity contribution is -0.151. The molecule has 11 heteroatoms. The highest BCUT2D eigenvalue weighted by Crippen LogP contribution is 2.38. The largest absolute Gasteiger partial charge is 0.460 e. The predicted octanol–water partition coefficient (Wildman–Crippen LogP) is 3.36. The second-order valence-electron chi connectivity index (χ2n) is 12.9. The van der Waals surface area contributed by atoms with Crippen LogP contribution in [-0.2, 0) is 30.3 Å². The fourth-order valence-corrected chi connectivity index (χ4v) is 7.31. The van der Waals surface area contributed by atoms with Crippen LogP contribution < -0.4 is 10.6 Å². The molecule has 1 saturated carbocycles. The van der Waals surface area contributed by atoms with Crippen LogP contribution in [0.25, 0.3) is 0 Å². The minimum absolute atomic E-state index is 0.0242. The normalized spacial score (nSPS) is 28.3. The average molecular weight is 603 g/mol. The van der Waals surface area contributed by atoms with Gasteiger partial charge < -0.3 is 20.3 Å². The number of nitrogens with zero attached hydrogens (tertiary/aromatic N) is 2. The number of amides is 3. The number of alkyl halides is 2. The summed E-state index contributed by atoms with van der Waals surface area (Å²) in [7, 11) is 0. The summed E-state index contributed by atoms with van der Waals surface area (Å²) in [5, 5.41) is 6.02. The number of carbonyl (C=O) groups excluding carboxylic acids is 4. The predicted molar refractivity (Wildman–Crippen MR) is 155 cm³/mol. The van der Waals surface area contributed by atoms with Crippen LogP contribution in [0.3, 0.4) is 0 Å². The van der Waals surface area contributed by atoms with Crippen molar-refractivity contribution in [3.8, 4) is 0 Å². The molecule has 3 amide bonds. The van der Waals surface area contributed by atoms with Gasteiger partial charge in [-0.15, -0.1) is 0 Å². The van der Waals surface area contributed by atoms with Crippen LogP contribution >= 0.6 is 0 Å². The molecule has 9 nitrogen and oxygen atoms in total. The highest BCUT2D eigenvalue weighted by molar-refractivity contribution is 5.93. The van der Waals surface area contributed by atoms with Crippen molar-refractivity contribution in [2.45, 2.75) is 108 Å². The average Bonchev–Trinajstić information content (AvgIpc) is 3.48. The van der Waals surface area contributed by atoms with Gasteiger partial charge in [0, 0.05) is 44.8 Å². The van der Waals surface area contributed by atoms with Crippen LogP contribution in [-0.4, -0.2) is 83.3 Å². The van der Waals surface area contributed by atoms with E-state index in [-0.39, 0.29) is 43.2 Å². The van der Waals surface area contributed by atoms with Crippen LogP contribution in [0.2, 0.25) is 0 Å². The van der Waals surface area contributed by atoms with E-state index >= 15 is 0 Å². The zero-order valence-electron chi connectivity index (χ0n) is 25.3. The first-order valence-electron chi connectivity index (χ1n) is 15.8. The zero-order chi connectivity index (χ0) is 30.9. The van der Waals surface area contributed by atoms with Gasteiger partial charge in [-0.3, -0.25) is 24.1 Å². The Morgan fingerprint density at radius 2 is 1.81 bits per heavy atom. The van der Waals surface area contributed by atoms with Crippen molar-refractivity contribution >= 4 is 23.7 Å². The maximum atomic E-state index is 14.6. The molecule has 1 aromatic carbocycles. The molecule has 5 rings (SSSR count). The lowest BCUT2D eigenvalue weighted by atomic mass is 9.82. The number of halogens is 2. The fraction of sp³-hybridized carbons (Fsp3) is 0.688. The SMILES string of the molecule is CC[C@@H](C)C(=O)N[C@H](C(=O)N1C[C@H]2CC(F)(F)CN2C[C@H]1C(=O)N[C@H]1c2ccccc2C[C@@H]1OC(C)=O)C1CCCCC1. The third-order valence-electron chi connectivity index (χ3n) is 9.81. The van der Waals surface area contributed by atoms with Crippen molar-refractivity contribution in [2.75, 3.05) is 19.6 Å². The summed E-state index contributed by atoms with van der Waals surface area (Å²) in [4.78, 5) is 56.5. The Morgan fingerprint density at radius 3 is 2.51 bits per heavy atom. The van der Waals surface area contributed by atoms with Crippen LogP contribution in [0.1, 0.15) is 82.9 Å². The Balaban J connectivity index is 1.44. The molecular formula is C32H44F2N4O5. The first-order chi connectivity index (χ1) is 20.5. The van der Waals surface area contributed by atoms with Gasteiger partial charge in [0.05, 0.1) is 12.6 Å². The van der Waals surface area contributed by atoms with Crippen molar-refractivity contribution in [3.63, 3.8) is 0 Å². The van der Waals surface area contributed by atoms with Gasteiger partial charge in [0.1, 0.15) is 18.2 Å². The minimum Gasteiger partial charge on any atom is -0.460 e.